The zero-order valence-electron chi connectivity index (χ0n) is 9.46. The Hall–Kier alpha value is -1.68. The predicted molar refractivity (Wildman–Crippen MR) is 66.2 cm³/mol. The lowest BCUT2D eigenvalue weighted by Crippen LogP contribution is -1.98. The summed E-state index contributed by atoms with van der Waals surface area (Å²) in [6.45, 7) is 3.70. The second-order valence-corrected chi connectivity index (χ2v) is 4.09. The van der Waals surface area contributed by atoms with Crippen molar-refractivity contribution in [3.63, 3.8) is 0 Å². The van der Waals surface area contributed by atoms with E-state index in [1.165, 1.54) is 12.1 Å². The fourth-order valence-corrected chi connectivity index (χ4v) is 1.69. The Labute approximate surface area is 104 Å². The maximum atomic E-state index is 13.1. The first-order valence-corrected chi connectivity index (χ1v) is 5.47. The quantitative estimate of drug-likeness (QED) is 0.829. The first-order valence-electron chi connectivity index (χ1n) is 5.09. The van der Waals surface area contributed by atoms with Gasteiger partial charge in [0.2, 0.25) is 5.28 Å². The van der Waals surface area contributed by atoms with Gasteiger partial charge in [-0.1, -0.05) is 6.07 Å². The lowest BCUT2D eigenvalue weighted by atomic mass is 10.2. The van der Waals surface area contributed by atoms with Crippen LogP contribution in [0.4, 0.5) is 15.9 Å². The Bertz CT molecular complexity index is 537. The Morgan fingerprint density at radius 3 is 2.65 bits per heavy atom. The molecule has 2 rings (SSSR count). The SMILES string of the molecule is Cc1cc(Nc2cc(F)ccc2C)nc(Cl)n1. The molecule has 0 aliphatic rings. The number of anilines is 2. The normalized spacial score (nSPS) is 10.4. The fourth-order valence-electron chi connectivity index (χ4n) is 1.46. The predicted octanol–water partition coefficient (Wildman–Crippen LogP) is 3.63. The average molecular weight is 252 g/mol. The molecule has 0 radical (unpaired) electrons. The number of benzene rings is 1. The van der Waals surface area contributed by atoms with Crippen molar-refractivity contribution in [3.8, 4) is 0 Å². The molecule has 1 aromatic heterocycles. The van der Waals surface area contributed by atoms with Crippen molar-refractivity contribution >= 4 is 23.1 Å². The molecule has 1 heterocycles. The van der Waals surface area contributed by atoms with Gasteiger partial charge >= 0.3 is 0 Å². The number of nitrogens with one attached hydrogen (secondary N) is 1. The van der Waals surface area contributed by atoms with Crippen LogP contribution in [0.2, 0.25) is 5.28 Å². The third-order valence-corrected chi connectivity index (χ3v) is 2.46. The van der Waals surface area contributed by atoms with E-state index in [1.54, 1.807) is 12.1 Å². The maximum absolute atomic E-state index is 13.1. The number of hydrogen-bond acceptors (Lipinski definition) is 3. The molecular weight excluding hydrogens is 241 g/mol. The minimum atomic E-state index is -0.296. The smallest absolute Gasteiger partial charge is 0.224 e. The van der Waals surface area contributed by atoms with Crippen LogP contribution < -0.4 is 5.32 Å². The number of aryl methyl sites for hydroxylation is 2. The lowest BCUT2D eigenvalue weighted by molar-refractivity contribution is 0.628. The minimum absolute atomic E-state index is 0.168. The molecule has 1 aromatic carbocycles. The first kappa shape index (κ1) is 11.8. The Morgan fingerprint density at radius 1 is 1.18 bits per heavy atom. The van der Waals surface area contributed by atoms with Gasteiger partial charge in [0, 0.05) is 17.4 Å². The van der Waals surface area contributed by atoms with Crippen molar-refractivity contribution in [2.45, 2.75) is 13.8 Å². The van der Waals surface area contributed by atoms with Crippen molar-refractivity contribution in [1.29, 1.82) is 0 Å². The molecule has 0 amide bonds. The average Bonchev–Trinajstić information content (AvgIpc) is 2.22. The van der Waals surface area contributed by atoms with E-state index in [0.29, 0.717) is 11.5 Å². The van der Waals surface area contributed by atoms with Crippen molar-refractivity contribution in [3.05, 3.63) is 46.6 Å². The zero-order chi connectivity index (χ0) is 12.4. The summed E-state index contributed by atoms with van der Waals surface area (Å²) < 4.78 is 13.1. The summed E-state index contributed by atoms with van der Waals surface area (Å²) in [7, 11) is 0. The molecule has 88 valence electrons. The molecule has 0 aliphatic carbocycles. The molecule has 0 unspecified atom stereocenters. The number of aromatic nitrogens is 2. The van der Waals surface area contributed by atoms with Gasteiger partial charge in [0.05, 0.1) is 0 Å². The second kappa shape index (κ2) is 4.67. The molecule has 0 fully saturated rings. The van der Waals surface area contributed by atoms with E-state index in [9.17, 15) is 4.39 Å². The highest BCUT2D eigenvalue weighted by molar-refractivity contribution is 6.28. The standard InChI is InChI=1S/C12H11ClFN3/c1-7-3-4-9(14)6-10(7)16-11-5-8(2)15-12(13)17-11/h3-6H,1-2H3,(H,15,16,17). The molecule has 0 atom stereocenters. The van der Waals surface area contributed by atoms with Crippen LogP contribution in [0.1, 0.15) is 11.3 Å². The molecule has 1 N–H and O–H groups in total. The van der Waals surface area contributed by atoms with E-state index >= 15 is 0 Å². The molecule has 0 saturated heterocycles. The largest absolute Gasteiger partial charge is 0.340 e. The highest BCUT2D eigenvalue weighted by atomic mass is 35.5. The summed E-state index contributed by atoms with van der Waals surface area (Å²) >= 11 is 5.75. The maximum Gasteiger partial charge on any atom is 0.224 e. The van der Waals surface area contributed by atoms with Crippen LogP contribution in [0, 0.1) is 19.7 Å². The number of hydrogen-bond donors (Lipinski definition) is 1. The van der Waals surface area contributed by atoms with Crippen LogP contribution in [0.15, 0.2) is 24.3 Å². The van der Waals surface area contributed by atoms with Crippen molar-refractivity contribution in [2.75, 3.05) is 5.32 Å². The Morgan fingerprint density at radius 2 is 1.94 bits per heavy atom. The number of rotatable bonds is 2. The van der Waals surface area contributed by atoms with Gasteiger partial charge in [0.25, 0.3) is 0 Å². The summed E-state index contributed by atoms with van der Waals surface area (Å²) in [5, 5.41) is 3.19. The highest BCUT2D eigenvalue weighted by Crippen LogP contribution is 2.21. The lowest BCUT2D eigenvalue weighted by Gasteiger charge is -2.09. The second-order valence-electron chi connectivity index (χ2n) is 3.75. The minimum Gasteiger partial charge on any atom is -0.340 e. The van der Waals surface area contributed by atoms with Crippen LogP contribution in [0.5, 0.6) is 0 Å². The molecule has 0 bridgehead atoms. The van der Waals surface area contributed by atoms with Gasteiger partial charge in [-0.05, 0) is 43.1 Å². The molecular formula is C12H11ClFN3. The Kier molecular flexibility index (Phi) is 3.24. The third-order valence-electron chi connectivity index (χ3n) is 2.29. The third kappa shape index (κ3) is 2.91. The van der Waals surface area contributed by atoms with Gasteiger partial charge in [-0.2, -0.15) is 0 Å². The van der Waals surface area contributed by atoms with Crippen molar-refractivity contribution in [1.82, 2.24) is 9.97 Å². The molecule has 0 saturated carbocycles. The van der Waals surface area contributed by atoms with Gasteiger partial charge in [0.15, 0.2) is 0 Å². The zero-order valence-corrected chi connectivity index (χ0v) is 10.2. The van der Waals surface area contributed by atoms with Gasteiger partial charge < -0.3 is 5.32 Å². The summed E-state index contributed by atoms with van der Waals surface area (Å²) in [4.78, 5) is 7.98. The summed E-state index contributed by atoms with van der Waals surface area (Å²) in [6, 6.07) is 6.28. The summed E-state index contributed by atoms with van der Waals surface area (Å²) in [6.07, 6.45) is 0. The van der Waals surface area contributed by atoms with Gasteiger partial charge in [-0.25, -0.2) is 14.4 Å². The van der Waals surface area contributed by atoms with Gasteiger partial charge in [-0.3, -0.25) is 0 Å². The van der Waals surface area contributed by atoms with E-state index in [2.05, 4.69) is 15.3 Å². The topological polar surface area (TPSA) is 37.8 Å². The van der Waals surface area contributed by atoms with Crippen LogP contribution >= 0.6 is 11.6 Å². The molecule has 0 spiro atoms. The summed E-state index contributed by atoms with van der Waals surface area (Å²) in [5.41, 5.74) is 2.35. The molecule has 5 heteroatoms. The van der Waals surface area contributed by atoms with E-state index in [0.717, 1.165) is 11.3 Å². The monoisotopic (exact) mass is 251 g/mol. The number of nitrogens with zero attached hydrogens (tertiary/aromatic N) is 2. The van der Waals surface area contributed by atoms with Gasteiger partial charge in [0.1, 0.15) is 11.6 Å². The fraction of sp³-hybridized carbons (Fsp3) is 0.167. The molecule has 17 heavy (non-hydrogen) atoms. The Balaban J connectivity index is 2.34. The number of halogens is 2. The van der Waals surface area contributed by atoms with E-state index in [4.69, 9.17) is 11.6 Å². The summed E-state index contributed by atoms with van der Waals surface area (Å²) in [5.74, 6) is 0.256. The molecule has 2 aromatic rings. The molecule has 0 aliphatic heterocycles. The molecule has 3 nitrogen and oxygen atoms in total. The van der Waals surface area contributed by atoms with Crippen LogP contribution in [0.25, 0.3) is 0 Å². The highest BCUT2D eigenvalue weighted by Gasteiger charge is 2.04. The van der Waals surface area contributed by atoms with Crippen molar-refractivity contribution in [2.24, 2.45) is 0 Å². The van der Waals surface area contributed by atoms with Crippen LogP contribution in [0.3, 0.4) is 0 Å². The van der Waals surface area contributed by atoms with Crippen molar-refractivity contribution < 1.29 is 4.39 Å². The van der Waals surface area contributed by atoms with E-state index in [-0.39, 0.29) is 11.1 Å². The van der Waals surface area contributed by atoms with E-state index < -0.39 is 0 Å². The first-order chi connectivity index (χ1) is 8.04. The van der Waals surface area contributed by atoms with E-state index in [1.807, 2.05) is 13.8 Å². The van der Waals surface area contributed by atoms with Gasteiger partial charge in [-0.15, -0.1) is 0 Å². The van der Waals surface area contributed by atoms with Crippen LogP contribution in [-0.4, -0.2) is 9.97 Å². The van der Waals surface area contributed by atoms with Crippen LogP contribution in [-0.2, 0) is 0 Å².